The number of hydrogen-bond acceptors (Lipinski definition) is 2. The van der Waals surface area contributed by atoms with Crippen molar-refractivity contribution in [1.29, 1.82) is 0 Å². The molecule has 92 valence electrons. The zero-order valence-corrected chi connectivity index (χ0v) is 10.7. The Morgan fingerprint density at radius 1 is 1.06 bits per heavy atom. The van der Waals surface area contributed by atoms with Crippen molar-refractivity contribution in [2.24, 2.45) is 0 Å². The molecular formula is C15H20O2. The smallest absolute Gasteiger partial charge is 0.119 e. The largest absolute Gasteiger partial charge is 0.508 e. The molecule has 2 heteroatoms. The van der Waals surface area contributed by atoms with Crippen molar-refractivity contribution < 1.29 is 10.2 Å². The number of phenolic OH excluding ortho intramolecular Hbond substituents is 2. The van der Waals surface area contributed by atoms with Crippen molar-refractivity contribution >= 4 is 6.08 Å². The van der Waals surface area contributed by atoms with Crippen LogP contribution in [-0.4, -0.2) is 10.2 Å². The molecule has 1 aromatic rings. The average molecular weight is 232 g/mol. The van der Waals surface area contributed by atoms with E-state index in [1.165, 1.54) is 17.2 Å². The SMILES string of the molecule is CC(C)=CCC/C(C)=C/c1cc(O)cc(O)c1. The molecule has 0 heterocycles. The molecule has 1 aromatic carbocycles. The van der Waals surface area contributed by atoms with Crippen LogP contribution in [0.15, 0.2) is 35.4 Å². The number of benzene rings is 1. The molecule has 0 aliphatic heterocycles. The molecule has 1 rings (SSSR count). The lowest BCUT2D eigenvalue weighted by Gasteiger charge is -2.02. The van der Waals surface area contributed by atoms with E-state index in [0.717, 1.165) is 18.4 Å². The van der Waals surface area contributed by atoms with E-state index in [-0.39, 0.29) is 11.5 Å². The molecule has 0 spiro atoms. The summed E-state index contributed by atoms with van der Waals surface area (Å²) in [6.07, 6.45) is 6.20. The summed E-state index contributed by atoms with van der Waals surface area (Å²) in [6, 6.07) is 4.62. The molecule has 2 N–H and O–H groups in total. The fraction of sp³-hybridized carbons (Fsp3) is 0.333. The summed E-state index contributed by atoms with van der Waals surface area (Å²) in [7, 11) is 0. The second kappa shape index (κ2) is 6.14. The Balaban J connectivity index is 2.70. The van der Waals surface area contributed by atoms with Crippen LogP contribution in [0.25, 0.3) is 6.08 Å². The van der Waals surface area contributed by atoms with Crippen LogP contribution in [0.5, 0.6) is 11.5 Å². The highest BCUT2D eigenvalue weighted by Gasteiger charge is 1.97. The van der Waals surface area contributed by atoms with Gasteiger partial charge in [0.05, 0.1) is 0 Å². The zero-order chi connectivity index (χ0) is 12.8. The number of aromatic hydroxyl groups is 2. The summed E-state index contributed by atoms with van der Waals surface area (Å²) in [5.74, 6) is 0.182. The number of hydrogen-bond donors (Lipinski definition) is 2. The quantitative estimate of drug-likeness (QED) is 0.762. The summed E-state index contributed by atoms with van der Waals surface area (Å²) in [5.41, 5.74) is 3.39. The lowest BCUT2D eigenvalue weighted by molar-refractivity contribution is 0.450. The highest BCUT2D eigenvalue weighted by Crippen LogP contribution is 2.22. The van der Waals surface area contributed by atoms with Crippen LogP contribution in [0.4, 0.5) is 0 Å². The maximum absolute atomic E-state index is 9.36. The van der Waals surface area contributed by atoms with Crippen molar-refractivity contribution in [2.45, 2.75) is 33.6 Å². The van der Waals surface area contributed by atoms with Crippen molar-refractivity contribution in [3.05, 3.63) is 41.0 Å². The van der Waals surface area contributed by atoms with Crippen LogP contribution in [0, 0.1) is 0 Å². The van der Waals surface area contributed by atoms with Gasteiger partial charge in [-0.1, -0.05) is 23.3 Å². The Labute approximate surface area is 103 Å². The Hall–Kier alpha value is -1.70. The van der Waals surface area contributed by atoms with Gasteiger partial charge in [0.25, 0.3) is 0 Å². The molecule has 0 bridgehead atoms. The van der Waals surface area contributed by atoms with Crippen molar-refractivity contribution in [3.63, 3.8) is 0 Å². The fourth-order valence-corrected chi connectivity index (χ4v) is 1.65. The third-order valence-electron chi connectivity index (χ3n) is 2.43. The van der Waals surface area contributed by atoms with Crippen LogP contribution in [0.3, 0.4) is 0 Å². The van der Waals surface area contributed by atoms with E-state index >= 15 is 0 Å². The van der Waals surface area contributed by atoms with Gasteiger partial charge in [0.2, 0.25) is 0 Å². The minimum Gasteiger partial charge on any atom is -0.508 e. The first-order chi connectivity index (χ1) is 7.97. The summed E-state index contributed by atoms with van der Waals surface area (Å²) in [5, 5.41) is 18.7. The zero-order valence-electron chi connectivity index (χ0n) is 10.7. The number of rotatable bonds is 4. The van der Waals surface area contributed by atoms with Crippen LogP contribution >= 0.6 is 0 Å². The highest BCUT2D eigenvalue weighted by molar-refractivity contribution is 5.56. The standard InChI is InChI=1S/C15H20O2/c1-11(2)5-4-6-12(3)7-13-8-14(16)10-15(17)9-13/h5,7-10,16-17H,4,6H2,1-3H3/b12-7+. The molecule has 0 atom stereocenters. The van der Waals surface area contributed by atoms with Crippen molar-refractivity contribution in [2.75, 3.05) is 0 Å². The van der Waals surface area contributed by atoms with Crippen LogP contribution < -0.4 is 0 Å². The molecule has 0 saturated carbocycles. The lowest BCUT2D eigenvalue weighted by atomic mass is 10.1. The number of allylic oxidation sites excluding steroid dienone is 3. The molecule has 0 aliphatic rings. The predicted octanol–water partition coefficient (Wildman–Crippen LogP) is 4.25. The molecular weight excluding hydrogens is 212 g/mol. The van der Waals surface area contributed by atoms with Gasteiger partial charge in [0.15, 0.2) is 0 Å². The van der Waals surface area contributed by atoms with Gasteiger partial charge in [0.1, 0.15) is 11.5 Å². The first-order valence-corrected chi connectivity index (χ1v) is 5.81. The topological polar surface area (TPSA) is 40.5 Å². The summed E-state index contributed by atoms with van der Waals surface area (Å²) >= 11 is 0. The Morgan fingerprint density at radius 3 is 2.18 bits per heavy atom. The van der Waals surface area contributed by atoms with Crippen molar-refractivity contribution in [1.82, 2.24) is 0 Å². The van der Waals surface area contributed by atoms with Gasteiger partial charge >= 0.3 is 0 Å². The van der Waals surface area contributed by atoms with E-state index in [9.17, 15) is 10.2 Å². The van der Waals surface area contributed by atoms with E-state index in [1.54, 1.807) is 12.1 Å². The maximum Gasteiger partial charge on any atom is 0.119 e. The Morgan fingerprint density at radius 2 is 1.65 bits per heavy atom. The van der Waals surface area contributed by atoms with Gasteiger partial charge in [-0.15, -0.1) is 0 Å². The highest BCUT2D eigenvalue weighted by atomic mass is 16.3. The minimum absolute atomic E-state index is 0.0911. The molecule has 0 radical (unpaired) electrons. The summed E-state index contributed by atoms with van der Waals surface area (Å²) < 4.78 is 0. The van der Waals surface area contributed by atoms with Crippen molar-refractivity contribution in [3.8, 4) is 11.5 Å². The van der Waals surface area contributed by atoms with Gasteiger partial charge in [-0.3, -0.25) is 0 Å². The van der Waals surface area contributed by atoms with Crippen LogP contribution in [-0.2, 0) is 0 Å². The lowest BCUT2D eigenvalue weighted by Crippen LogP contribution is -1.79. The van der Waals surface area contributed by atoms with Gasteiger partial charge in [0, 0.05) is 6.07 Å². The van der Waals surface area contributed by atoms with Gasteiger partial charge in [-0.2, -0.15) is 0 Å². The molecule has 2 nitrogen and oxygen atoms in total. The molecule has 17 heavy (non-hydrogen) atoms. The average Bonchev–Trinajstić information content (AvgIpc) is 2.14. The normalized spacial score (nSPS) is 11.4. The minimum atomic E-state index is 0.0911. The number of phenols is 2. The van der Waals surface area contributed by atoms with E-state index in [4.69, 9.17) is 0 Å². The van der Waals surface area contributed by atoms with E-state index in [2.05, 4.69) is 26.8 Å². The monoisotopic (exact) mass is 232 g/mol. The van der Waals surface area contributed by atoms with E-state index in [1.807, 2.05) is 6.08 Å². The van der Waals surface area contributed by atoms with Gasteiger partial charge in [-0.25, -0.2) is 0 Å². The first-order valence-electron chi connectivity index (χ1n) is 5.81. The first kappa shape index (κ1) is 13.4. The third kappa shape index (κ3) is 5.25. The predicted molar refractivity (Wildman–Crippen MR) is 72.1 cm³/mol. The molecule has 0 saturated heterocycles. The maximum atomic E-state index is 9.36. The second-order valence-corrected chi connectivity index (χ2v) is 4.59. The molecule has 0 aliphatic carbocycles. The van der Waals surface area contributed by atoms with Gasteiger partial charge in [-0.05, 0) is 51.3 Å². The Kier molecular flexibility index (Phi) is 4.83. The molecule has 0 amide bonds. The molecule has 0 aromatic heterocycles. The van der Waals surface area contributed by atoms with E-state index in [0.29, 0.717) is 0 Å². The Bertz CT molecular complexity index is 418. The van der Waals surface area contributed by atoms with Crippen LogP contribution in [0.2, 0.25) is 0 Å². The van der Waals surface area contributed by atoms with E-state index < -0.39 is 0 Å². The second-order valence-electron chi connectivity index (χ2n) is 4.59. The molecule has 0 fully saturated rings. The fourth-order valence-electron chi connectivity index (χ4n) is 1.65. The van der Waals surface area contributed by atoms with Crippen LogP contribution in [0.1, 0.15) is 39.2 Å². The third-order valence-corrected chi connectivity index (χ3v) is 2.43. The summed E-state index contributed by atoms with van der Waals surface area (Å²) in [6.45, 7) is 6.23. The molecule has 0 unspecified atom stereocenters. The van der Waals surface area contributed by atoms with Gasteiger partial charge < -0.3 is 10.2 Å². The summed E-state index contributed by atoms with van der Waals surface area (Å²) in [4.78, 5) is 0.